The molecule has 0 aromatic rings. The molecule has 4 heteroatoms. The number of allylic oxidation sites excluding steroid dienone is 1. The molecule has 0 aromatic carbocycles. The number of hydrogen-bond acceptors (Lipinski definition) is 2. The first-order valence-corrected chi connectivity index (χ1v) is 5.21. The van der Waals surface area contributed by atoms with E-state index < -0.39 is 5.92 Å². The molecule has 0 saturated carbocycles. The molecule has 1 saturated heterocycles. The molecule has 0 atom stereocenters. The second-order valence-electron chi connectivity index (χ2n) is 4.30. The minimum absolute atomic E-state index is 0.0266. The number of nitrogens with zero attached hydrogens (tertiary/aromatic N) is 1. The summed E-state index contributed by atoms with van der Waals surface area (Å²) < 4.78 is 25.6. The fraction of sp³-hybridized carbons (Fsp3) is 0.727. The van der Waals surface area contributed by atoms with E-state index in [4.69, 9.17) is 0 Å². The van der Waals surface area contributed by atoms with Gasteiger partial charge in [-0.25, -0.2) is 8.78 Å². The molecule has 0 N–H and O–H groups in total. The van der Waals surface area contributed by atoms with Crippen LogP contribution in [0.3, 0.4) is 0 Å². The minimum Gasteiger partial charge on any atom is -0.295 e. The predicted molar refractivity (Wildman–Crippen MR) is 55.0 cm³/mol. The molecule has 1 aliphatic rings. The third-order valence-corrected chi connectivity index (χ3v) is 2.46. The zero-order valence-electron chi connectivity index (χ0n) is 9.17. The third-order valence-electron chi connectivity index (χ3n) is 2.46. The van der Waals surface area contributed by atoms with Crippen LogP contribution in [-0.2, 0) is 4.79 Å². The first-order valence-electron chi connectivity index (χ1n) is 5.21. The third kappa shape index (κ3) is 4.08. The van der Waals surface area contributed by atoms with Gasteiger partial charge in [0.2, 0.25) is 0 Å². The van der Waals surface area contributed by atoms with Crippen molar-refractivity contribution in [3.05, 3.63) is 12.2 Å². The smallest absolute Gasteiger partial charge is 0.261 e. The van der Waals surface area contributed by atoms with Crippen LogP contribution in [0.15, 0.2) is 12.2 Å². The van der Waals surface area contributed by atoms with Crippen molar-refractivity contribution in [3.63, 3.8) is 0 Å². The topological polar surface area (TPSA) is 20.3 Å². The van der Waals surface area contributed by atoms with Gasteiger partial charge < -0.3 is 0 Å². The second kappa shape index (κ2) is 4.84. The van der Waals surface area contributed by atoms with Gasteiger partial charge in [-0.3, -0.25) is 9.69 Å². The van der Waals surface area contributed by atoms with Crippen molar-refractivity contribution >= 4 is 5.78 Å². The zero-order valence-corrected chi connectivity index (χ0v) is 9.17. The van der Waals surface area contributed by atoms with E-state index >= 15 is 0 Å². The van der Waals surface area contributed by atoms with Crippen molar-refractivity contribution in [2.45, 2.75) is 26.2 Å². The molecule has 86 valence electrons. The van der Waals surface area contributed by atoms with Gasteiger partial charge in [0.1, 0.15) is 0 Å². The van der Waals surface area contributed by atoms with Crippen molar-refractivity contribution in [1.29, 1.82) is 0 Å². The number of ketones is 1. The van der Waals surface area contributed by atoms with Gasteiger partial charge >= 0.3 is 0 Å². The van der Waals surface area contributed by atoms with Gasteiger partial charge in [0.25, 0.3) is 5.92 Å². The van der Waals surface area contributed by atoms with Gasteiger partial charge in [-0.1, -0.05) is 19.9 Å². The van der Waals surface area contributed by atoms with E-state index in [0.717, 1.165) is 0 Å². The van der Waals surface area contributed by atoms with Crippen molar-refractivity contribution in [3.8, 4) is 0 Å². The van der Waals surface area contributed by atoms with Crippen LogP contribution >= 0.6 is 0 Å². The first-order chi connectivity index (χ1) is 6.91. The summed E-state index contributed by atoms with van der Waals surface area (Å²) in [5, 5.41) is 0. The van der Waals surface area contributed by atoms with E-state index in [9.17, 15) is 13.6 Å². The highest BCUT2D eigenvalue weighted by atomic mass is 19.3. The monoisotopic (exact) mass is 217 g/mol. The lowest BCUT2D eigenvalue weighted by Gasteiger charge is -2.12. The van der Waals surface area contributed by atoms with Gasteiger partial charge in [-0.15, -0.1) is 0 Å². The van der Waals surface area contributed by atoms with E-state index in [2.05, 4.69) is 0 Å². The molecule has 0 radical (unpaired) electrons. The van der Waals surface area contributed by atoms with Crippen LogP contribution in [-0.4, -0.2) is 36.2 Å². The fourth-order valence-corrected chi connectivity index (χ4v) is 1.47. The standard InChI is InChI=1S/C11H17F2NO/c1-9(2)10(15)4-3-6-14-7-5-11(12,13)8-14/h3-4,9H,5-8H2,1-2H3/b4-3+. The number of hydrogen-bond donors (Lipinski definition) is 0. The van der Waals surface area contributed by atoms with Crippen LogP contribution < -0.4 is 0 Å². The summed E-state index contributed by atoms with van der Waals surface area (Å²) in [5.41, 5.74) is 0. The Bertz CT molecular complexity index is 261. The van der Waals surface area contributed by atoms with E-state index in [-0.39, 0.29) is 24.7 Å². The number of likely N-dealkylation sites (tertiary alicyclic amines) is 1. The second-order valence-corrected chi connectivity index (χ2v) is 4.30. The van der Waals surface area contributed by atoms with Crippen LogP contribution in [0.5, 0.6) is 0 Å². The van der Waals surface area contributed by atoms with Gasteiger partial charge in [0.05, 0.1) is 6.54 Å². The highest BCUT2D eigenvalue weighted by molar-refractivity contribution is 5.91. The molecule has 0 unspecified atom stereocenters. The van der Waals surface area contributed by atoms with Gasteiger partial charge in [0, 0.05) is 25.4 Å². The Labute approximate surface area is 88.9 Å². The molecule has 1 aliphatic heterocycles. The highest BCUT2D eigenvalue weighted by Gasteiger charge is 2.37. The average molecular weight is 217 g/mol. The Morgan fingerprint density at radius 2 is 2.20 bits per heavy atom. The lowest BCUT2D eigenvalue weighted by atomic mass is 10.1. The van der Waals surface area contributed by atoms with Crippen LogP contribution in [0.1, 0.15) is 20.3 Å². The summed E-state index contributed by atoms with van der Waals surface area (Å²) in [6.07, 6.45) is 3.09. The lowest BCUT2D eigenvalue weighted by molar-refractivity contribution is -0.117. The maximum atomic E-state index is 12.8. The molecule has 0 aromatic heterocycles. The molecule has 0 bridgehead atoms. The van der Waals surface area contributed by atoms with E-state index in [0.29, 0.717) is 13.1 Å². The Balaban J connectivity index is 2.30. The quantitative estimate of drug-likeness (QED) is 0.672. The zero-order chi connectivity index (χ0) is 11.5. The van der Waals surface area contributed by atoms with E-state index in [1.165, 1.54) is 6.08 Å². The molecule has 0 spiro atoms. The summed E-state index contributed by atoms with van der Waals surface area (Å²) in [4.78, 5) is 12.8. The number of halogens is 2. The van der Waals surface area contributed by atoms with Crippen molar-refractivity contribution in [2.24, 2.45) is 5.92 Å². The predicted octanol–water partition coefficient (Wildman–Crippen LogP) is 2.11. The highest BCUT2D eigenvalue weighted by Crippen LogP contribution is 2.26. The van der Waals surface area contributed by atoms with E-state index in [1.54, 1.807) is 11.0 Å². The van der Waals surface area contributed by atoms with Crippen molar-refractivity contribution < 1.29 is 13.6 Å². The lowest BCUT2D eigenvalue weighted by Crippen LogP contribution is -2.25. The Hall–Kier alpha value is -0.770. The Morgan fingerprint density at radius 3 is 2.67 bits per heavy atom. The molecular weight excluding hydrogens is 200 g/mol. The molecule has 0 aliphatic carbocycles. The summed E-state index contributed by atoms with van der Waals surface area (Å²) >= 11 is 0. The molecule has 15 heavy (non-hydrogen) atoms. The largest absolute Gasteiger partial charge is 0.295 e. The number of rotatable bonds is 4. The fourth-order valence-electron chi connectivity index (χ4n) is 1.47. The summed E-state index contributed by atoms with van der Waals surface area (Å²) in [6, 6.07) is 0. The summed E-state index contributed by atoms with van der Waals surface area (Å²) in [7, 11) is 0. The maximum absolute atomic E-state index is 12.8. The maximum Gasteiger partial charge on any atom is 0.261 e. The normalized spacial score (nSPS) is 21.7. The molecule has 1 heterocycles. The van der Waals surface area contributed by atoms with Gasteiger partial charge in [-0.05, 0) is 6.08 Å². The number of carbonyl (C=O) groups excluding carboxylic acids is 1. The van der Waals surface area contributed by atoms with Gasteiger partial charge in [0.15, 0.2) is 5.78 Å². The molecule has 0 amide bonds. The van der Waals surface area contributed by atoms with Crippen molar-refractivity contribution in [1.82, 2.24) is 4.90 Å². The van der Waals surface area contributed by atoms with Gasteiger partial charge in [-0.2, -0.15) is 0 Å². The van der Waals surface area contributed by atoms with E-state index in [1.807, 2.05) is 13.8 Å². The SMILES string of the molecule is CC(C)C(=O)/C=C/CN1CCC(F)(F)C1. The van der Waals surface area contributed by atoms with Crippen LogP contribution in [0, 0.1) is 5.92 Å². The first kappa shape index (κ1) is 12.3. The Kier molecular flexibility index (Phi) is 3.97. The average Bonchev–Trinajstić information content (AvgIpc) is 2.45. The summed E-state index contributed by atoms with van der Waals surface area (Å²) in [6.45, 7) is 4.29. The van der Waals surface area contributed by atoms with Crippen molar-refractivity contribution in [2.75, 3.05) is 19.6 Å². The Morgan fingerprint density at radius 1 is 1.53 bits per heavy atom. The summed E-state index contributed by atoms with van der Waals surface area (Å²) in [5.74, 6) is -2.53. The molecule has 1 fully saturated rings. The van der Waals surface area contributed by atoms with Crippen LogP contribution in [0.4, 0.5) is 8.78 Å². The molecule has 2 nitrogen and oxygen atoms in total. The number of carbonyl (C=O) groups is 1. The molecule has 1 rings (SSSR count). The minimum atomic E-state index is -2.55. The van der Waals surface area contributed by atoms with Crippen LogP contribution in [0.2, 0.25) is 0 Å². The number of alkyl halides is 2. The van der Waals surface area contributed by atoms with Crippen LogP contribution in [0.25, 0.3) is 0 Å². The molecular formula is C11H17F2NO.